The maximum absolute atomic E-state index is 12.7. The first-order valence-corrected chi connectivity index (χ1v) is 8.66. The molecule has 2 saturated heterocycles. The molecule has 2 aliphatic rings. The fourth-order valence-electron chi connectivity index (χ4n) is 3.58. The molecule has 1 aromatic carbocycles. The molecule has 0 aliphatic carbocycles. The molecule has 2 fully saturated rings. The number of piperazine rings is 1. The van der Waals surface area contributed by atoms with Crippen LogP contribution in [0, 0.1) is 6.92 Å². The average Bonchev–Trinajstić information content (AvgIpc) is 3.19. The lowest BCUT2D eigenvalue weighted by Crippen LogP contribution is -2.43. The molecule has 2 aliphatic heterocycles. The van der Waals surface area contributed by atoms with Crippen molar-refractivity contribution >= 4 is 28.9 Å². The zero-order chi connectivity index (χ0) is 18.5. The number of aromatic nitrogens is 2. The Kier molecular flexibility index (Phi) is 4.19. The average molecular weight is 384 g/mol. The van der Waals surface area contributed by atoms with Gasteiger partial charge in [-0.2, -0.15) is 13.2 Å². The van der Waals surface area contributed by atoms with Crippen LogP contribution in [0.3, 0.4) is 0 Å². The molecular weight excluding hydrogens is 367 g/mol. The molecule has 0 spiro atoms. The quantitative estimate of drug-likeness (QED) is 0.791. The van der Waals surface area contributed by atoms with Gasteiger partial charge < -0.3 is 15.5 Å². The second-order valence-electron chi connectivity index (χ2n) is 6.67. The van der Waals surface area contributed by atoms with E-state index in [1.165, 1.54) is 0 Å². The standard InChI is InChI=1S/C17H17ClF3N5/c1-9-4-11(26-8-10-5-12(26)6-22-10)2-3-14(9)24-16-23-7-13(15(18)25-16)17(19,20)21/h2-4,7,10,12,22H,5-6,8H2,1H3,(H,23,24,25)/t10-,12-/m1/s1. The van der Waals surface area contributed by atoms with E-state index in [1.54, 1.807) is 0 Å². The maximum Gasteiger partial charge on any atom is 0.420 e. The highest BCUT2D eigenvalue weighted by Gasteiger charge is 2.37. The Balaban J connectivity index is 1.53. The molecule has 0 amide bonds. The predicted molar refractivity (Wildman–Crippen MR) is 94.0 cm³/mol. The lowest BCUT2D eigenvalue weighted by Gasteiger charge is -2.30. The summed E-state index contributed by atoms with van der Waals surface area (Å²) in [7, 11) is 0. The van der Waals surface area contributed by atoms with Gasteiger partial charge in [0.15, 0.2) is 0 Å². The zero-order valence-electron chi connectivity index (χ0n) is 13.9. The van der Waals surface area contributed by atoms with Gasteiger partial charge in [-0.05, 0) is 37.1 Å². The van der Waals surface area contributed by atoms with Crippen molar-refractivity contribution in [1.29, 1.82) is 0 Å². The van der Waals surface area contributed by atoms with Crippen LogP contribution in [0.4, 0.5) is 30.5 Å². The number of anilines is 3. The molecule has 4 rings (SSSR count). The summed E-state index contributed by atoms with van der Waals surface area (Å²) in [5.41, 5.74) is 1.79. The van der Waals surface area contributed by atoms with Crippen LogP contribution in [0.1, 0.15) is 17.5 Å². The summed E-state index contributed by atoms with van der Waals surface area (Å²) in [6, 6.07) is 7.03. The predicted octanol–water partition coefficient (Wildman–Crippen LogP) is 3.75. The van der Waals surface area contributed by atoms with Crippen molar-refractivity contribution in [1.82, 2.24) is 15.3 Å². The molecule has 2 atom stereocenters. The van der Waals surface area contributed by atoms with Crippen molar-refractivity contribution in [3.63, 3.8) is 0 Å². The van der Waals surface area contributed by atoms with Crippen LogP contribution < -0.4 is 15.5 Å². The van der Waals surface area contributed by atoms with Gasteiger partial charge in [-0.25, -0.2) is 9.97 Å². The molecule has 0 radical (unpaired) electrons. The summed E-state index contributed by atoms with van der Waals surface area (Å²) < 4.78 is 38.2. The Bertz CT molecular complexity index is 842. The highest BCUT2D eigenvalue weighted by atomic mass is 35.5. The van der Waals surface area contributed by atoms with E-state index in [9.17, 15) is 13.2 Å². The number of nitrogens with zero attached hydrogens (tertiary/aromatic N) is 3. The lowest BCUT2D eigenvalue weighted by atomic mass is 10.1. The van der Waals surface area contributed by atoms with E-state index in [0.29, 0.717) is 18.3 Å². The first-order valence-electron chi connectivity index (χ1n) is 8.28. The summed E-state index contributed by atoms with van der Waals surface area (Å²) >= 11 is 5.64. The van der Waals surface area contributed by atoms with Gasteiger partial charge in [0, 0.05) is 42.7 Å². The zero-order valence-corrected chi connectivity index (χ0v) is 14.7. The van der Waals surface area contributed by atoms with Crippen molar-refractivity contribution in [3.8, 4) is 0 Å². The number of hydrogen-bond acceptors (Lipinski definition) is 5. The molecule has 0 saturated carbocycles. The Morgan fingerprint density at radius 3 is 2.73 bits per heavy atom. The maximum atomic E-state index is 12.7. The number of nitrogens with one attached hydrogen (secondary N) is 2. The van der Waals surface area contributed by atoms with Crippen LogP contribution in [0.2, 0.25) is 5.15 Å². The monoisotopic (exact) mass is 383 g/mol. The Hall–Kier alpha value is -2.06. The molecule has 2 N–H and O–H groups in total. The van der Waals surface area contributed by atoms with Crippen LogP contribution in [0.5, 0.6) is 0 Å². The summed E-state index contributed by atoms with van der Waals surface area (Å²) in [5.74, 6) is 0.0308. The van der Waals surface area contributed by atoms with E-state index < -0.39 is 16.9 Å². The number of aryl methyl sites for hydroxylation is 1. The minimum absolute atomic E-state index is 0.0308. The highest BCUT2D eigenvalue weighted by molar-refractivity contribution is 6.30. The third-order valence-corrected chi connectivity index (χ3v) is 5.18. The molecule has 9 heteroatoms. The van der Waals surface area contributed by atoms with Gasteiger partial charge in [0.25, 0.3) is 0 Å². The molecular formula is C17H17ClF3N5. The second kappa shape index (κ2) is 6.28. The van der Waals surface area contributed by atoms with Crippen molar-refractivity contribution in [3.05, 3.63) is 40.7 Å². The molecule has 5 nitrogen and oxygen atoms in total. The van der Waals surface area contributed by atoms with Crippen LogP contribution in [0.15, 0.2) is 24.4 Å². The van der Waals surface area contributed by atoms with Gasteiger partial charge in [-0.3, -0.25) is 0 Å². The topological polar surface area (TPSA) is 53.1 Å². The molecule has 2 bridgehead atoms. The van der Waals surface area contributed by atoms with E-state index in [1.807, 2.05) is 19.1 Å². The van der Waals surface area contributed by atoms with Gasteiger partial charge in [-0.15, -0.1) is 0 Å². The van der Waals surface area contributed by atoms with E-state index in [2.05, 4.69) is 31.6 Å². The largest absolute Gasteiger partial charge is 0.420 e. The highest BCUT2D eigenvalue weighted by Crippen LogP contribution is 2.35. The van der Waals surface area contributed by atoms with E-state index in [-0.39, 0.29) is 5.95 Å². The summed E-state index contributed by atoms with van der Waals surface area (Å²) in [6.45, 7) is 3.93. The van der Waals surface area contributed by atoms with Crippen LogP contribution in [-0.2, 0) is 6.18 Å². The third-order valence-electron chi connectivity index (χ3n) is 4.89. The second-order valence-corrected chi connectivity index (χ2v) is 7.03. The van der Waals surface area contributed by atoms with Crippen LogP contribution >= 0.6 is 11.6 Å². The Morgan fingerprint density at radius 1 is 1.35 bits per heavy atom. The van der Waals surface area contributed by atoms with Crippen LogP contribution in [0.25, 0.3) is 0 Å². The normalized spacial score (nSPS) is 22.1. The van der Waals surface area contributed by atoms with E-state index in [4.69, 9.17) is 11.6 Å². The fourth-order valence-corrected chi connectivity index (χ4v) is 3.81. The van der Waals surface area contributed by atoms with Crippen molar-refractivity contribution in [2.45, 2.75) is 31.6 Å². The van der Waals surface area contributed by atoms with Crippen molar-refractivity contribution < 1.29 is 13.2 Å². The van der Waals surface area contributed by atoms with Crippen LogP contribution in [-0.4, -0.2) is 35.1 Å². The molecule has 0 unspecified atom stereocenters. The van der Waals surface area contributed by atoms with Gasteiger partial charge in [0.1, 0.15) is 10.7 Å². The van der Waals surface area contributed by atoms with Gasteiger partial charge in [0.05, 0.1) is 0 Å². The Labute approximate surface area is 153 Å². The molecule has 2 aromatic rings. The molecule has 138 valence electrons. The summed E-state index contributed by atoms with van der Waals surface area (Å²) in [5, 5.41) is 5.79. The lowest BCUT2D eigenvalue weighted by molar-refractivity contribution is -0.137. The van der Waals surface area contributed by atoms with Gasteiger partial charge in [0.2, 0.25) is 5.95 Å². The van der Waals surface area contributed by atoms with E-state index >= 15 is 0 Å². The first kappa shape index (κ1) is 17.4. The smallest absolute Gasteiger partial charge is 0.366 e. The SMILES string of the molecule is Cc1cc(N2C[C@H]3C[C@@H]2CN3)ccc1Nc1ncc(C(F)(F)F)c(Cl)n1. The summed E-state index contributed by atoms with van der Waals surface area (Å²) in [4.78, 5) is 9.83. The molecule has 3 heterocycles. The molecule has 1 aromatic heterocycles. The van der Waals surface area contributed by atoms with Crippen molar-refractivity contribution in [2.75, 3.05) is 23.3 Å². The summed E-state index contributed by atoms with van der Waals surface area (Å²) in [6.07, 6.45) is -2.72. The first-order chi connectivity index (χ1) is 12.3. The number of benzene rings is 1. The number of halogens is 4. The van der Waals surface area contributed by atoms with Gasteiger partial charge >= 0.3 is 6.18 Å². The third kappa shape index (κ3) is 3.19. The number of rotatable bonds is 3. The number of fused-ring (bicyclic) bond motifs is 2. The number of hydrogen-bond donors (Lipinski definition) is 2. The van der Waals surface area contributed by atoms with Crippen molar-refractivity contribution in [2.24, 2.45) is 0 Å². The number of alkyl halides is 3. The Morgan fingerprint density at radius 2 is 2.15 bits per heavy atom. The van der Waals surface area contributed by atoms with E-state index in [0.717, 1.165) is 36.4 Å². The molecule has 26 heavy (non-hydrogen) atoms. The fraction of sp³-hybridized carbons (Fsp3) is 0.412. The minimum atomic E-state index is -4.57. The minimum Gasteiger partial charge on any atom is -0.366 e. The van der Waals surface area contributed by atoms with Gasteiger partial charge in [-0.1, -0.05) is 11.6 Å².